The van der Waals surface area contributed by atoms with Crippen LogP contribution in [0.5, 0.6) is 0 Å². The molecule has 2 amide bonds. The van der Waals surface area contributed by atoms with E-state index >= 15 is 0 Å². The van der Waals surface area contributed by atoms with Crippen molar-refractivity contribution >= 4 is 41.1 Å². The Morgan fingerprint density at radius 3 is 2.43 bits per heavy atom. The van der Waals surface area contributed by atoms with E-state index in [1.807, 2.05) is 11.4 Å². The molecule has 3 aromatic rings. The third-order valence-electron chi connectivity index (χ3n) is 3.86. The maximum atomic E-state index is 12.6. The smallest absolute Gasteiger partial charge is 0.287 e. The van der Waals surface area contributed by atoms with Crippen LogP contribution in [-0.4, -0.2) is 23.0 Å². The van der Waals surface area contributed by atoms with Gasteiger partial charge in [0.2, 0.25) is 0 Å². The Bertz CT molecular complexity index is 1110. The molecule has 30 heavy (non-hydrogen) atoms. The van der Waals surface area contributed by atoms with Gasteiger partial charge in [-0.05, 0) is 35.7 Å². The van der Waals surface area contributed by atoms with E-state index < -0.39 is 16.7 Å². The van der Waals surface area contributed by atoms with Crippen molar-refractivity contribution in [2.75, 3.05) is 0 Å². The lowest BCUT2D eigenvalue weighted by Crippen LogP contribution is -2.32. The fourth-order valence-electron chi connectivity index (χ4n) is 2.44. The lowest BCUT2D eigenvalue weighted by atomic mass is 10.2. The number of hydrogen-bond donors (Lipinski definition) is 2. The maximum Gasteiger partial charge on any atom is 0.287 e. The minimum absolute atomic E-state index is 0.00832. The molecule has 3 rings (SSSR count). The highest BCUT2D eigenvalue weighted by molar-refractivity contribution is 7.10. The topological polar surface area (TPSA) is 114 Å². The summed E-state index contributed by atoms with van der Waals surface area (Å²) < 4.78 is 0. The third-order valence-corrected chi connectivity index (χ3v) is 4.68. The number of rotatable bonds is 7. The van der Waals surface area contributed by atoms with Crippen LogP contribution in [0, 0.1) is 10.1 Å². The predicted molar refractivity (Wildman–Crippen MR) is 115 cm³/mol. The molecular formula is C21H16N4O4S. The molecule has 0 unspecified atom stereocenters. The van der Waals surface area contributed by atoms with Gasteiger partial charge < -0.3 is 5.32 Å². The van der Waals surface area contributed by atoms with Crippen LogP contribution in [0.1, 0.15) is 20.8 Å². The molecular weight excluding hydrogens is 404 g/mol. The number of nitrogens with one attached hydrogen (secondary N) is 2. The van der Waals surface area contributed by atoms with E-state index in [1.54, 1.807) is 42.5 Å². The van der Waals surface area contributed by atoms with Gasteiger partial charge in [0.05, 0.1) is 16.7 Å². The Hall–Kier alpha value is -4.11. The number of amides is 2. The molecule has 0 saturated heterocycles. The molecule has 0 fully saturated rings. The van der Waals surface area contributed by atoms with Gasteiger partial charge in [-0.1, -0.05) is 36.4 Å². The predicted octanol–water partition coefficient (Wildman–Crippen LogP) is 3.58. The molecule has 0 saturated carbocycles. The molecule has 0 aliphatic carbocycles. The first-order chi connectivity index (χ1) is 14.5. The van der Waals surface area contributed by atoms with Gasteiger partial charge in [-0.15, -0.1) is 11.3 Å². The van der Waals surface area contributed by atoms with E-state index in [2.05, 4.69) is 15.8 Å². The highest BCUT2D eigenvalue weighted by atomic mass is 32.1. The Morgan fingerprint density at radius 2 is 1.73 bits per heavy atom. The fourth-order valence-corrected chi connectivity index (χ4v) is 3.10. The second kappa shape index (κ2) is 9.89. The second-order valence-electron chi connectivity index (χ2n) is 5.91. The van der Waals surface area contributed by atoms with Crippen molar-refractivity contribution < 1.29 is 14.5 Å². The Morgan fingerprint density at radius 1 is 1.00 bits per heavy atom. The number of thiophene rings is 1. The van der Waals surface area contributed by atoms with Crippen LogP contribution >= 0.6 is 11.3 Å². The molecule has 0 bridgehead atoms. The number of nitrogens with zero attached hydrogens (tertiary/aromatic N) is 2. The van der Waals surface area contributed by atoms with Gasteiger partial charge >= 0.3 is 0 Å². The Labute approximate surface area is 175 Å². The van der Waals surface area contributed by atoms with Crippen molar-refractivity contribution in [1.82, 2.24) is 10.7 Å². The van der Waals surface area contributed by atoms with E-state index in [9.17, 15) is 19.7 Å². The zero-order chi connectivity index (χ0) is 21.3. The minimum Gasteiger partial charge on any atom is -0.317 e. The highest BCUT2D eigenvalue weighted by Gasteiger charge is 2.15. The molecule has 0 aliphatic heterocycles. The average molecular weight is 420 g/mol. The molecule has 8 nitrogen and oxygen atoms in total. The van der Waals surface area contributed by atoms with Gasteiger partial charge in [-0.3, -0.25) is 19.7 Å². The zero-order valence-corrected chi connectivity index (χ0v) is 16.3. The van der Waals surface area contributed by atoms with E-state index in [1.165, 1.54) is 41.8 Å². The number of para-hydroxylation sites is 1. The zero-order valence-electron chi connectivity index (χ0n) is 15.5. The summed E-state index contributed by atoms with van der Waals surface area (Å²) in [6.45, 7) is 0. The monoisotopic (exact) mass is 420 g/mol. The van der Waals surface area contributed by atoms with E-state index in [4.69, 9.17) is 0 Å². The van der Waals surface area contributed by atoms with Crippen LogP contribution in [0.3, 0.4) is 0 Å². The summed E-state index contributed by atoms with van der Waals surface area (Å²) in [5.41, 5.74) is 2.78. The molecule has 150 valence electrons. The largest absolute Gasteiger partial charge is 0.317 e. The first-order valence-electron chi connectivity index (χ1n) is 8.73. The summed E-state index contributed by atoms with van der Waals surface area (Å²) in [4.78, 5) is 36.4. The maximum absolute atomic E-state index is 12.6. The van der Waals surface area contributed by atoms with Crippen LogP contribution in [0.2, 0.25) is 0 Å². The second-order valence-corrected chi connectivity index (χ2v) is 6.89. The Kier molecular flexibility index (Phi) is 6.80. The summed E-state index contributed by atoms with van der Waals surface area (Å²) in [5, 5.41) is 19.3. The summed E-state index contributed by atoms with van der Waals surface area (Å²) in [5.74, 6) is -1.11. The minimum atomic E-state index is -0.664. The third kappa shape index (κ3) is 5.46. The molecule has 2 N–H and O–H groups in total. The van der Waals surface area contributed by atoms with Gasteiger partial charge in [0.25, 0.3) is 17.5 Å². The van der Waals surface area contributed by atoms with Gasteiger partial charge in [0, 0.05) is 16.5 Å². The normalized spacial score (nSPS) is 11.3. The number of hydrogen-bond acceptors (Lipinski definition) is 6. The van der Waals surface area contributed by atoms with Crippen LogP contribution in [0.4, 0.5) is 5.69 Å². The lowest BCUT2D eigenvalue weighted by Gasteiger charge is -2.08. The Balaban J connectivity index is 1.78. The number of hydrazone groups is 1. The molecule has 0 atom stereocenters. The number of carbonyl (C=O) groups excluding carboxylic acids is 2. The van der Waals surface area contributed by atoms with Crippen LogP contribution in [0.25, 0.3) is 6.08 Å². The summed E-state index contributed by atoms with van der Waals surface area (Å²) in [7, 11) is 0. The first-order valence-corrected chi connectivity index (χ1v) is 9.61. The van der Waals surface area contributed by atoms with Crippen LogP contribution in [0.15, 0.2) is 82.9 Å². The summed E-state index contributed by atoms with van der Waals surface area (Å²) in [6.07, 6.45) is 2.71. The summed E-state index contributed by atoms with van der Waals surface area (Å²) >= 11 is 1.40. The van der Waals surface area contributed by atoms with Gasteiger partial charge in [-0.2, -0.15) is 5.10 Å². The molecule has 0 aliphatic rings. The van der Waals surface area contributed by atoms with Crippen LogP contribution in [-0.2, 0) is 4.79 Å². The van der Waals surface area contributed by atoms with Crippen molar-refractivity contribution in [3.8, 4) is 0 Å². The van der Waals surface area contributed by atoms with E-state index in [0.29, 0.717) is 5.56 Å². The highest BCUT2D eigenvalue weighted by Crippen LogP contribution is 2.15. The molecule has 0 spiro atoms. The quantitative estimate of drug-likeness (QED) is 0.263. The standard InChI is InChI=1S/C21H16N4O4S/c26-20(15-7-2-1-3-8-15)23-18(13-17-10-6-12-30-17)21(27)24-22-14-16-9-4-5-11-19(16)25(28)29/h1-14H,(H,23,26)(H,24,27). The molecule has 0 radical (unpaired) electrons. The number of benzene rings is 2. The molecule has 1 aromatic heterocycles. The lowest BCUT2D eigenvalue weighted by molar-refractivity contribution is -0.385. The first kappa shape index (κ1) is 20.6. The number of nitro groups is 1. The molecule has 2 aromatic carbocycles. The van der Waals surface area contributed by atoms with Crippen molar-refractivity contribution in [3.05, 3.63) is 104 Å². The van der Waals surface area contributed by atoms with Gasteiger partial charge in [-0.25, -0.2) is 5.43 Å². The van der Waals surface area contributed by atoms with Crippen molar-refractivity contribution in [3.63, 3.8) is 0 Å². The van der Waals surface area contributed by atoms with Gasteiger partial charge in [0.1, 0.15) is 5.70 Å². The van der Waals surface area contributed by atoms with Crippen molar-refractivity contribution in [2.45, 2.75) is 0 Å². The number of nitro benzene ring substituents is 1. The fraction of sp³-hybridized carbons (Fsp3) is 0. The van der Waals surface area contributed by atoms with Crippen molar-refractivity contribution in [1.29, 1.82) is 0 Å². The SMILES string of the molecule is O=C(NN=Cc1ccccc1[N+](=O)[O-])C(=Cc1cccs1)NC(=O)c1ccccc1. The summed E-state index contributed by atoms with van der Waals surface area (Å²) in [6, 6.07) is 18.1. The van der Waals surface area contributed by atoms with E-state index in [-0.39, 0.29) is 16.9 Å². The molecule has 9 heteroatoms. The van der Waals surface area contributed by atoms with Crippen molar-refractivity contribution in [2.24, 2.45) is 5.10 Å². The molecule has 1 heterocycles. The number of carbonyl (C=O) groups is 2. The van der Waals surface area contributed by atoms with E-state index in [0.717, 1.165) is 4.88 Å². The van der Waals surface area contributed by atoms with Crippen LogP contribution < -0.4 is 10.7 Å². The van der Waals surface area contributed by atoms with Gasteiger partial charge in [0.15, 0.2) is 0 Å². The average Bonchev–Trinajstić information content (AvgIpc) is 3.27.